The summed E-state index contributed by atoms with van der Waals surface area (Å²) >= 11 is 11.8. The van der Waals surface area contributed by atoms with Crippen LogP contribution in [0.15, 0.2) is 18.2 Å². The Morgan fingerprint density at radius 3 is 2.38 bits per heavy atom. The van der Waals surface area contributed by atoms with Crippen LogP contribution in [0, 0.1) is 0 Å². The topological polar surface area (TPSA) is 96.0 Å². The van der Waals surface area contributed by atoms with Crippen LogP contribution in [-0.2, 0) is 6.18 Å². The molecular weight excluding hydrogens is 418 g/mol. The fourth-order valence-corrected chi connectivity index (χ4v) is 2.53. The van der Waals surface area contributed by atoms with Gasteiger partial charge in [0.15, 0.2) is 0 Å². The molecule has 1 aromatic carbocycles. The standard InChI is InChI=1S/C13H10Cl2F3N5O2S/c14-7-2-1-6(5-8(7)15)9(24)19-3-4-20-11(25)21-12-23-22-10(26-12)13(16,17)18/h1-2,5H,3-4H2,(H,19,24)(H2,20,21,23,25). The predicted octanol–water partition coefficient (Wildman–Crippen LogP) is 3.42. The van der Waals surface area contributed by atoms with E-state index in [-0.39, 0.29) is 40.1 Å². The highest BCUT2D eigenvalue weighted by molar-refractivity contribution is 7.15. The number of carbonyl (C=O) groups excluding carboxylic acids is 2. The number of aromatic nitrogens is 2. The first-order chi connectivity index (χ1) is 12.2. The third-order valence-corrected chi connectivity index (χ3v) is 4.39. The summed E-state index contributed by atoms with van der Waals surface area (Å²) in [4.78, 5) is 23.4. The lowest BCUT2D eigenvalue weighted by atomic mass is 10.2. The minimum atomic E-state index is -4.62. The number of benzene rings is 1. The number of anilines is 1. The van der Waals surface area contributed by atoms with Crippen molar-refractivity contribution in [2.75, 3.05) is 18.4 Å². The van der Waals surface area contributed by atoms with Crippen molar-refractivity contribution in [1.82, 2.24) is 20.8 Å². The van der Waals surface area contributed by atoms with Crippen LogP contribution in [-0.4, -0.2) is 35.2 Å². The predicted molar refractivity (Wildman–Crippen MR) is 90.7 cm³/mol. The van der Waals surface area contributed by atoms with E-state index in [0.29, 0.717) is 5.02 Å². The van der Waals surface area contributed by atoms with Gasteiger partial charge in [-0.3, -0.25) is 10.1 Å². The van der Waals surface area contributed by atoms with Gasteiger partial charge in [-0.1, -0.05) is 34.5 Å². The molecule has 2 aromatic rings. The molecule has 0 aliphatic heterocycles. The van der Waals surface area contributed by atoms with Crippen LogP contribution in [0.1, 0.15) is 15.4 Å². The van der Waals surface area contributed by atoms with E-state index in [1.165, 1.54) is 18.2 Å². The molecule has 0 spiro atoms. The molecule has 0 aliphatic rings. The number of rotatable bonds is 5. The quantitative estimate of drug-likeness (QED) is 0.636. The summed E-state index contributed by atoms with van der Waals surface area (Å²) in [5.41, 5.74) is 0.289. The summed E-state index contributed by atoms with van der Waals surface area (Å²) in [5, 5.41) is 12.2. The Hall–Kier alpha value is -2.11. The van der Waals surface area contributed by atoms with Crippen LogP contribution in [0.2, 0.25) is 10.0 Å². The maximum atomic E-state index is 12.4. The monoisotopic (exact) mass is 427 g/mol. The maximum Gasteiger partial charge on any atom is 0.445 e. The molecule has 7 nitrogen and oxygen atoms in total. The van der Waals surface area contributed by atoms with Crippen molar-refractivity contribution >= 4 is 51.6 Å². The van der Waals surface area contributed by atoms with E-state index in [4.69, 9.17) is 23.2 Å². The molecule has 13 heteroatoms. The number of nitrogens with one attached hydrogen (secondary N) is 3. The zero-order valence-electron chi connectivity index (χ0n) is 12.7. The second kappa shape index (κ2) is 8.52. The van der Waals surface area contributed by atoms with Crippen molar-refractivity contribution in [2.24, 2.45) is 0 Å². The fraction of sp³-hybridized carbons (Fsp3) is 0.231. The van der Waals surface area contributed by atoms with Crippen LogP contribution >= 0.6 is 34.5 Å². The minimum Gasteiger partial charge on any atom is -0.350 e. The number of hydrogen-bond acceptors (Lipinski definition) is 5. The third-order valence-electron chi connectivity index (χ3n) is 2.77. The van der Waals surface area contributed by atoms with Gasteiger partial charge >= 0.3 is 12.2 Å². The minimum absolute atomic E-state index is 0.0316. The largest absolute Gasteiger partial charge is 0.445 e. The summed E-state index contributed by atoms with van der Waals surface area (Å²) in [6.07, 6.45) is -4.62. The van der Waals surface area contributed by atoms with Gasteiger partial charge in [0, 0.05) is 18.7 Å². The van der Waals surface area contributed by atoms with Gasteiger partial charge in [-0.15, -0.1) is 10.2 Å². The number of carbonyl (C=O) groups is 2. The summed E-state index contributed by atoms with van der Waals surface area (Å²) in [6.45, 7) is 0.111. The van der Waals surface area contributed by atoms with E-state index >= 15 is 0 Å². The SMILES string of the molecule is O=C(NCCNC(=O)c1ccc(Cl)c(Cl)c1)Nc1nnc(C(F)(F)F)s1. The Morgan fingerprint density at radius 1 is 1.08 bits per heavy atom. The molecule has 26 heavy (non-hydrogen) atoms. The molecule has 3 N–H and O–H groups in total. The van der Waals surface area contributed by atoms with Crippen molar-refractivity contribution < 1.29 is 22.8 Å². The number of hydrogen-bond donors (Lipinski definition) is 3. The number of nitrogens with zero attached hydrogens (tertiary/aromatic N) is 2. The highest BCUT2D eigenvalue weighted by Gasteiger charge is 2.35. The first-order valence-electron chi connectivity index (χ1n) is 6.85. The molecule has 0 saturated heterocycles. The second-order valence-electron chi connectivity index (χ2n) is 4.68. The van der Waals surface area contributed by atoms with E-state index in [0.717, 1.165) is 0 Å². The molecule has 1 heterocycles. The van der Waals surface area contributed by atoms with Crippen LogP contribution in [0.3, 0.4) is 0 Å². The van der Waals surface area contributed by atoms with Crippen LogP contribution in [0.25, 0.3) is 0 Å². The molecular formula is C13H10Cl2F3N5O2S. The molecule has 1 aromatic heterocycles. The summed E-state index contributed by atoms with van der Waals surface area (Å²) in [5.74, 6) is -0.426. The highest BCUT2D eigenvalue weighted by atomic mass is 35.5. The first kappa shape index (κ1) is 20.2. The summed E-state index contributed by atoms with van der Waals surface area (Å²) in [6, 6.07) is 3.57. The maximum absolute atomic E-state index is 12.4. The molecule has 0 unspecified atom stereocenters. The Labute approximate surface area is 158 Å². The molecule has 0 aliphatic carbocycles. The van der Waals surface area contributed by atoms with E-state index in [9.17, 15) is 22.8 Å². The Balaban J connectivity index is 1.73. The second-order valence-corrected chi connectivity index (χ2v) is 6.47. The number of alkyl halides is 3. The van der Waals surface area contributed by atoms with Crippen molar-refractivity contribution in [3.8, 4) is 0 Å². The van der Waals surface area contributed by atoms with Crippen LogP contribution in [0.5, 0.6) is 0 Å². The van der Waals surface area contributed by atoms with Gasteiger partial charge in [0.2, 0.25) is 10.1 Å². The Morgan fingerprint density at radius 2 is 1.77 bits per heavy atom. The molecule has 0 fully saturated rings. The summed E-state index contributed by atoms with van der Waals surface area (Å²) in [7, 11) is 0. The molecule has 0 saturated carbocycles. The van der Waals surface area contributed by atoms with Gasteiger partial charge in [-0.25, -0.2) is 4.79 Å². The van der Waals surface area contributed by atoms with Crippen LogP contribution in [0.4, 0.5) is 23.1 Å². The molecule has 0 atom stereocenters. The molecule has 0 bridgehead atoms. The van der Waals surface area contributed by atoms with E-state index < -0.39 is 23.1 Å². The fourth-order valence-electron chi connectivity index (χ4n) is 1.62. The third kappa shape index (κ3) is 5.71. The van der Waals surface area contributed by atoms with Gasteiger partial charge < -0.3 is 10.6 Å². The van der Waals surface area contributed by atoms with Gasteiger partial charge in [0.25, 0.3) is 5.91 Å². The zero-order chi connectivity index (χ0) is 19.3. The normalized spacial score (nSPS) is 11.1. The zero-order valence-corrected chi connectivity index (χ0v) is 15.0. The first-order valence-corrected chi connectivity index (χ1v) is 8.43. The average molecular weight is 428 g/mol. The van der Waals surface area contributed by atoms with E-state index in [2.05, 4.69) is 26.1 Å². The smallest absolute Gasteiger partial charge is 0.350 e. The Kier molecular flexibility index (Phi) is 6.62. The van der Waals surface area contributed by atoms with Crippen molar-refractivity contribution in [3.63, 3.8) is 0 Å². The van der Waals surface area contributed by atoms with Crippen molar-refractivity contribution in [1.29, 1.82) is 0 Å². The lowest BCUT2D eigenvalue weighted by molar-refractivity contribution is -0.138. The van der Waals surface area contributed by atoms with Crippen molar-refractivity contribution in [3.05, 3.63) is 38.8 Å². The van der Waals surface area contributed by atoms with Gasteiger partial charge in [0.1, 0.15) is 0 Å². The lowest BCUT2D eigenvalue weighted by Gasteiger charge is -2.07. The average Bonchev–Trinajstić information content (AvgIpc) is 3.02. The number of amides is 3. The lowest BCUT2D eigenvalue weighted by Crippen LogP contribution is -2.36. The van der Waals surface area contributed by atoms with E-state index in [1.807, 2.05) is 0 Å². The number of urea groups is 1. The highest BCUT2D eigenvalue weighted by Crippen LogP contribution is 2.32. The molecule has 0 radical (unpaired) electrons. The van der Waals surface area contributed by atoms with Crippen molar-refractivity contribution in [2.45, 2.75) is 6.18 Å². The molecule has 140 valence electrons. The van der Waals surface area contributed by atoms with Gasteiger partial charge in [-0.2, -0.15) is 13.2 Å². The van der Waals surface area contributed by atoms with Gasteiger partial charge in [-0.05, 0) is 18.2 Å². The Bertz CT molecular complexity index is 815. The number of halogens is 5. The molecule has 3 amide bonds. The van der Waals surface area contributed by atoms with Crippen LogP contribution < -0.4 is 16.0 Å². The molecule has 2 rings (SSSR count). The summed E-state index contributed by atoms with van der Waals surface area (Å²) < 4.78 is 37.1. The van der Waals surface area contributed by atoms with E-state index in [1.54, 1.807) is 0 Å². The van der Waals surface area contributed by atoms with Gasteiger partial charge in [0.05, 0.1) is 10.0 Å².